The van der Waals surface area contributed by atoms with Gasteiger partial charge in [0.05, 0.1) is 19.9 Å². The number of aliphatic imine (C=N–C) groups is 1. The molecule has 0 unspecified atom stereocenters. The van der Waals surface area contributed by atoms with Gasteiger partial charge in [0, 0.05) is 19.5 Å². The van der Waals surface area contributed by atoms with E-state index in [2.05, 4.69) is 35.2 Å². The maximum atomic E-state index is 5.35. The van der Waals surface area contributed by atoms with E-state index in [1.165, 1.54) is 0 Å². The lowest BCUT2D eigenvalue weighted by Gasteiger charge is -2.12. The maximum absolute atomic E-state index is 5.35. The number of ether oxygens (including phenoxy) is 1. The zero-order valence-corrected chi connectivity index (χ0v) is 18.0. The lowest BCUT2D eigenvalue weighted by Crippen LogP contribution is -2.39. The number of nitrogens with zero attached hydrogens (tertiary/aromatic N) is 1. The van der Waals surface area contributed by atoms with Crippen LogP contribution in [0.25, 0.3) is 0 Å². The molecule has 0 spiro atoms. The van der Waals surface area contributed by atoms with Crippen molar-refractivity contribution in [2.45, 2.75) is 26.8 Å². The van der Waals surface area contributed by atoms with Crippen LogP contribution in [0.3, 0.4) is 0 Å². The third kappa shape index (κ3) is 7.95. The topological polar surface area (TPSA) is 58.8 Å². The molecule has 0 fully saturated rings. The van der Waals surface area contributed by atoms with Crippen molar-refractivity contribution in [1.82, 2.24) is 10.6 Å². The van der Waals surface area contributed by atoms with Gasteiger partial charge in [0.1, 0.15) is 11.5 Å². The number of guanidine groups is 1. The second-order valence-electron chi connectivity index (χ2n) is 6.09. The molecule has 142 valence electrons. The summed E-state index contributed by atoms with van der Waals surface area (Å²) in [5, 5.41) is 6.62. The minimum atomic E-state index is 0. The summed E-state index contributed by atoms with van der Waals surface area (Å²) in [6, 6.07) is 10.0. The second-order valence-corrected chi connectivity index (χ2v) is 6.09. The van der Waals surface area contributed by atoms with Gasteiger partial charge in [0.25, 0.3) is 0 Å². The summed E-state index contributed by atoms with van der Waals surface area (Å²) in [6.45, 7) is 9.96. The third-order valence-corrected chi connectivity index (χ3v) is 3.57. The Bertz CT molecular complexity index is 712. The average Bonchev–Trinajstić information content (AvgIpc) is 3.09. The molecule has 0 saturated carbocycles. The van der Waals surface area contributed by atoms with Gasteiger partial charge in [-0.3, -0.25) is 0 Å². The van der Waals surface area contributed by atoms with Crippen LogP contribution in [0.1, 0.15) is 23.8 Å². The van der Waals surface area contributed by atoms with Gasteiger partial charge < -0.3 is 19.8 Å². The summed E-state index contributed by atoms with van der Waals surface area (Å²) >= 11 is 0. The number of furan rings is 1. The molecule has 0 bridgehead atoms. The SMILES string of the molecule is C=C(C)CNC(=NCc1cc(C)cc(OC)c1)NCCc1ccco1.I. The highest BCUT2D eigenvalue weighted by atomic mass is 127. The standard InChI is InChI=1S/C20H27N3O2.HI/c1-15(2)13-22-20(21-8-7-18-6-5-9-25-18)23-14-17-10-16(3)11-19(12-17)24-4;/h5-6,9-12H,1,7-8,13-14H2,2-4H3,(H2,21,22,23);1H. The zero-order valence-electron chi connectivity index (χ0n) is 15.7. The van der Waals surface area contributed by atoms with Crippen molar-refractivity contribution in [3.8, 4) is 5.75 Å². The van der Waals surface area contributed by atoms with Crippen molar-refractivity contribution in [1.29, 1.82) is 0 Å². The Hall–Kier alpha value is -1.96. The van der Waals surface area contributed by atoms with E-state index in [1.54, 1.807) is 13.4 Å². The zero-order chi connectivity index (χ0) is 18.1. The number of benzene rings is 1. The largest absolute Gasteiger partial charge is 0.497 e. The van der Waals surface area contributed by atoms with Crippen LogP contribution in [0.4, 0.5) is 0 Å². The van der Waals surface area contributed by atoms with Gasteiger partial charge in [0.15, 0.2) is 5.96 Å². The van der Waals surface area contributed by atoms with Crippen LogP contribution in [-0.2, 0) is 13.0 Å². The highest BCUT2D eigenvalue weighted by Crippen LogP contribution is 2.17. The van der Waals surface area contributed by atoms with Crippen LogP contribution in [0.15, 0.2) is 58.2 Å². The lowest BCUT2D eigenvalue weighted by molar-refractivity contribution is 0.414. The van der Waals surface area contributed by atoms with Crippen LogP contribution in [-0.4, -0.2) is 26.2 Å². The van der Waals surface area contributed by atoms with E-state index < -0.39 is 0 Å². The van der Waals surface area contributed by atoms with E-state index in [1.807, 2.05) is 31.2 Å². The Kier molecular flexibility index (Phi) is 9.87. The number of hydrogen-bond donors (Lipinski definition) is 2. The van der Waals surface area contributed by atoms with Crippen molar-refractivity contribution < 1.29 is 9.15 Å². The summed E-state index contributed by atoms with van der Waals surface area (Å²) in [7, 11) is 1.68. The molecular weight excluding hydrogens is 441 g/mol. The molecule has 26 heavy (non-hydrogen) atoms. The lowest BCUT2D eigenvalue weighted by atomic mass is 10.1. The molecule has 1 heterocycles. The van der Waals surface area contributed by atoms with E-state index in [0.717, 1.165) is 47.1 Å². The van der Waals surface area contributed by atoms with Crippen molar-refractivity contribution >= 4 is 29.9 Å². The minimum absolute atomic E-state index is 0. The first-order valence-corrected chi connectivity index (χ1v) is 8.40. The molecule has 2 aromatic rings. The molecule has 0 radical (unpaired) electrons. The summed E-state index contributed by atoms with van der Waals surface area (Å²) < 4.78 is 10.7. The van der Waals surface area contributed by atoms with Crippen LogP contribution >= 0.6 is 24.0 Å². The van der Waals surface area contributed by atoms with Crippen LogP contribution in [0.2, 0.25) is 0 Å². The van der Waals surface area contributed by atoms with Crippen molar-refractivity contribution in [3.05, 3.63) is 65.6 Å². The first-order chi connectivity index (χ1) is 12.1. The fourth-order valence-corrected chi connectivity index (χ4v) is 2.37. The molecule has 0 amide bonds. The van der Waals surface area contributed by atoms with Gasteiger partial charge in [0.2, 0.25) is 0 Å². The molecule has 2 N–H and O–H groups in total. The number of methoxy groups -OCH3 is 1. The number of aryl methyl sites for hydroxylation is 1. The maximum Gasteiger partial charge on any atom is 0.191 e. The summed E-state index contributed by atoms with van der Waals surface area (Å²) in [4.78, 5) is 4.67. The van der Waals surface area contributed by atoms with E-state index in [-0.39, 0.29) is 24.0 Å². The van der Waals surface area contributed by atoms with Gasteiger partial charge in [-0.25, -0.2) is 4.99 Å². The van der Waals surface area contributed by atoms with Crippen molar-refractivity contribution in [2.75, 3.05) is 20.2 Å². The van der Waals surface area contributed by atoms with E-state index in [4.69, 9.17) is 9.15 Å². The second kappa shape index (κ2) is 11.6. The van der Waals surface area contributed by atoms with Gasteiger partial charge in [-0.2, -0.15) is 0 Å². The number of hydrogen-bond acceptors (Lipinski definition) is 3. The molecule has 1 aromatic heterocycles. The number of rotatable bonds is 8. The smallest absolute Gasteiger partial charge is 0.191 e. The minimum Gasteiger partial charge on any atom is -0.497 e. The monoisotopic (exact) mass is 469 g/mol. The molecule has 0 aliphatic heterocycles. The van der Waals surface area contributed by atoms with Crippen LogP contribution < -0.4 is 15.4 Å². The van der Waals surface area contributed by atoms with Gasteiger partial charge >= 0.3 is 0 Å². The number of nitrogens with one attached hydrogen (secondary N) is 2. The first kappa shape index (κ1) is 22.1. The molecule has 5 nitrogen and oxygen atoms in total. The molecule has 6 heteroatoms. The van der Waals surface area contributed by atoms with E-state index in [0.29, 0.717) is 13.1 Å². The molecule has 2 rings (SSSR count). The Labute approximate surface area is 172 Å². The molecular formula is C20H28IN3O2. The van der Waals surface area contributed by atoms with Crippen LogP contribution in [0.5, 0.6) is 5.75 Å². The first-order valence-electron chi connectivity index (χ1n) is 8.40. The molecule has 0 aliphatic carbocycles. The van der Waals surface area contributed by atoms with Gasteiger partial charge in [-0.15, -0.1) is 24.0 Å². The highest BCUT2D eigenvalue weighted by Gasteiger charge is 2.02. The Balaban J connectivity index is 0.00000338. The average molecular weight is 469 g/mol. The fraction of sp³-hybridized carbons (Fsp3) is 0.350. The third-order valence-electron chi connectivity index (χ3n) is 3.57. The molecule has 0 saturated heterocycles. The summed E-state index contributed by atoms with van der Waals surface area (Å²) in [5.41, 5.74) is 3.32. The van der Waals surface area contributed by atoms with E-state index in [9.17, 15) is 0 Å². The summed E-state index contributed by atoms with van der Waals surface area (Å²) in [6.07, 6.45) is 2.49. The normalized spacial score (nSPS) is 10.8. The molecule has 0 atom stereocenters. The van der Waals surface area contributed by atoms with Crippen molar-refractivity contribution in [2.24, 2.45) is 4.99 Å². The van der Waals surface area contributed by atoms with Gasteiger partial charge in [-0.05, 0) is 49.2 Å². The summed E-state index contributed by atoms with van der Waals surface area (Å²) in [5.74, 6) is 2.57. The van der Waals surface area contributed by atoms with E-state index >= 15 is 0 Å². The predicted molar refractivity (Wildman–Crippen MR) is 118 cm³/mol. The molecule has 1 aromatic carbocycles. The van der Waals surface area contributed by atoms with Crippen LogP contribution in [0, 0.1) is 6.92 Å². The molecule has 0 aliphatic rings. The predicted octanol–water partition coefficient (Wildman–Crippen LogP) is 4.07. The van der Waals surface area contributed by atoms with Gasteiger partial charge in [-0.1, -0.05) is 18.2 Å². The van der Waals surface area contributed by atoms with Crippen molar-refractivity contribution in [3.63, 3.8) is 0 Å². The fourth-order valence-electron chi connectivity index (χ4n) is 2.37. The highest BCUT2D eigenvalue weighted by molar-refractivity contribution is 14.0. The number of halogens is 1. The Morgan fingerprint density at radius 1 is 1.27 bits per heavy atom. The Morgan fingerprint density at radius 2 is 2.08 bits per heavy atom. The Morgan fingerprint density at radius 3 is 2.73 bits per heavy atom. The quantitative estimate of drug-likeness (QED) is 0.265.